The van der Waals surface area contributed by atoms with Crippen molar-refractivity contribution in [2.45, 2.75) is 53.2 Å². The summed E-state index contributed by atoms with van der Waals surface area (Å²) in [6, 6.07) is 16.9. The molecule has 1 N–H and O–H groups in total. The van der Waals surface area contributed by atoms with Crippen molar-refractivity contribution in [3.05, 3.63) is 88.1 Å². The normalized spacial score (nSPS) is 11.9. The highest BCUT2D eigenvalue weighted by atomic mass is 16.5. The Bertz CT molecular complexity index is 1450. The van der Waals surface area contributed by atoms with Crippen LogP contribution in [0.2, 0.25) is 0 Å². The molecular weight excluding hydrogens is 468 g/mol. The maximum atomic E-state index is 13.7. The average Bonchev–Trinajstić information content (AvgIpc) is 3.18. The molecular formula is C30H32N2O5. The van der Waals surface area contributed by atoms with Crippen LogP contribution in [0.15, 0.2) is 54.6 Å². The number of carboxylic acid groups (broad SMARTS) is 1. The maximum absolute atomic E-state index is 13.7. The van der Waals surface area contributed by atoms with Gasteiger partial charge in [-0.2, -0.15) is 4.98 Å². The standard InChI is InChI=1S/C30H32N2O5/c1-6-20-8-10-21(11-9-20)28(33)27-19(4)32(29-24(27)14-15-26(31-29)36-5)17-22-12-13-23(16-18(22)3)37-25(7-2)30(34)35/h8-16,25H,6-7,17H2,1-5H3,(H,34,35). The van der Waals surface area contributed by atoms with Crippen molar-refractivity contribution >= 4 is 22.8 Å². The van der Waals surface area contributed by atoms with E-state index in [0.717, 1.165) is 28.6 Å². The highest BCUT2D eigenvalue weighted by Gasteiger charge is 2.23. The van der Waals surface area contributed by atoms with Gasteiger partial charge in [0.25, 0.3) is 0 Å². The SMILES string of the molecule is CCc1ccc(C(=O)c2c(C)n(Cc3ccc(OC(CC)C(=O)O)cc3C)c3nc(OC)ccc23)cc1. The van der Waals surface area contributed by atoms with E-state index in [1.165, 1.54) is 5.56 Å². The van der Waals surface area contributed by atoms with Gasteiger partial charge < -0.3 is 19.1 Å². The Morgan fingerprint density at radius 3 is 2.35 bits per heavy atom. The number of nitrogens with zero attached hydrogens (tertiary/aromatic N) is 2. The largest absolute Gasteiger partial charge is 0.481 e. The van der Waals surface area contributed by atoms with Crippen LogP contribution in [0.1, 0.15) is 58.6 Å². The molecule has 1 atom stereocenters. The molecule has 0 aliphatic rings. The van der Waals surface area contributed by atoms with Crippen molar-refractivity contribution in [1.82, 2.24) is 9.55 Å². The summed E-state index contributed by atoms with van der Waals surface area (Å²) in [5.41, 5.74) is 5.88. The third-order valence-corrected chi connectivity index (χ3v) is 6.77. The molecule has 0 bridgehead atoms. The molecule has 0 fully saturated rings. The minimum atomic E-state index is -0.986. The van der Waals surface area contributed by atoms with E-state index in [1.54, 1.807) is 26.2 Å². The predicted octanol–water partition coefficient (Wildman–Crippen LogP) is 5.75. The molecule has 4 rings (SSSR count). The van der Waals surface area contributed by atoms with Crippen LogP contribution in [-0.2, 0) is 17.8 Å². The van der Waals surface area contributed by atoms with Crippen LogP contribution < -0.4 is 9.47 Å². The molecule has 0 spiro atoms. The molecule has 2 heterocycles. The molecule has 7 nitrogen and oxygen atoms in total. The fourth-order valence-electron chi connectivity index (χ4n) is 4.51. The Hall–Kier alpha value is -4.13. The lowest BCUT2D eigenvalue weighted by Gasteiger charge is -2.16. The molecule has 0 aliphatic carbocycles. The summed E-state index contributed by atoms with van der Waals surface area (Å²) in [5.74, 6) is -0.0519. The fourth-order valence-corrected chi connectivity index (χ4v) is 4.51. The van der Waals surface area contributed by atoms with Crippen LogP contribution in [0.4, 0.5) is 0 Å². The van der Waals surface area contributed by atoms with Gasteiger partial charge >= 0.3 is 5.97 Å². The number of methoxy groups -OCH3 is 1. The smallest absolute Gasteiger partial charge is 0.344 e. The summed E-state index contributed by atoms with van der Waals surface area (Å²) in [6.07, 6.45) is 0.392. The van der Waals surface area contributed by atoms with Crippen molar-refractivity contribution in [3.63, 3.8) is 0 Å². The molecule has 2 aromatic carbocycles. The Balaban J connectivity index is 1.75. The number of fused-ring (bicyclic) bond motifs is 1. The first-order valence-electron chi connectivity index (χ1n) is 12.4. The van der Waals surface area contributed by atoms with Gasteiger partial charge in [-0.1, -0.05) is 44.2 Å². The lowest BCUT2D eigenvalue weighted by Crippen LogP contribution is -2.25. The molecule has 2 aromatic heterocycles. The number of aryl methyl sites for hydroxylation is 2. The van der Waals surface area contributed by atoms with Crippen LogP contribution in [0, 0.1) is 13.8 Å². The molecule has 0 aliphatic heterocycles. The number of ether oxygens (including phenoxy) is 2. The Morgan fingerprint density at radius 2 is 1.76 bits per heavy atom. The Kier molecular flexibility index (Phi) is 7.62. The van der Waals surface area contributed by atoms with Gasteiger partial charge in [-0.05, 0) is 61.6 Å². The van der Waals surface area contributed by atoms with Crippen molar-refractivity contribution in [2.24, 2.45) is 0 Å². The zero-order chi connectivity index (χ0) is 26.7. The first kappa shape index (κ1) is 25.9. The number of aromatic nitrogens is 2. The summed E-state index contributed by atoms with van der Waals surface area (Å²) in [7, 11) is 1.57. The molecule has 4 aromatic rings. The van der Waals surface area contributed by atoms with E-state index in [4.69, 9.17) is 14.5 Å². The van der Waals surface area contributed by atoms with Gasteiger partial charge in [0.1, 0.15) is 11.4 Å². The number of ketones is 1. The molecule has 7 heteroatoms. The Labute approximate surface area is 216 Å². The van der Waals surface area contributed by atoms with Crippen molar-refractivity contribution in [1.29, 1.82) is 0 Å². The van der Waals surface area contributed by atoms with E-state index in [1.807, 2.05) is 60.9 Å². The number of pyridine rings is 1. The van der Waals surface area contributed by atoms with E-state index in [2.05, 4.69) is 6.92 Å². The van der Waals surface area contributed by atoms with Crippen LogP contribution in [0.3, 0.4) is 0 Å². The number of hydrogen-bond acceptors (Lipinski definition) is 5. The molecule has 192 valence electrons. The number of hydrogen-bond donors (Lipinski definition) is 1. The van der Waals surface area contributed by atoms with Gasteiger partial charge in [0.05, 0.1) is 12.7 Å². The van der Waals surface area contributed by atoms with Gasteiger partial charge in [0.2, 0.25) is 5.88 Å². The number of rotatable bonds is 10. The number of benzene rings is 2. The monoisotopic (exact) mass is 500 g/mol. The molecule has 0 saturated heterocycles. The molecule has 0 saturated carbocycles. The highest BCUT2D eigenvalue weighted by molar-refractivity contribution is 6.17. The van der Waals surface area contributed by atoms with E-state index in [9.17, 15) is 14.7 Å². The second kappa shape index (κ2) is 10.9. The summed E-state index contributed by atoms with van der Waals surface area (Å²) in [6.45, 7) is 8.24. The predicted molar refractivity (Wildman–Crippen MR) is 143 cm³/mol. The Morgan fingerprint density at radius 1 is 1.03 bits per heavy atom. The molecule has 0 radical (unpaired) electrons. The fraction of sp³-hybridized carbons (Fsp3) is 0.300. The van der Waals surface area contributed by atoms with Crippen LogP contribution in [0.5, 0.6) is 11.6 Å². The lowest BCUT2D eigenvalue weighted by molar-refractivity contribution is -0.145. The summed E-state index contributed by atoms with van der Waals surface area (Å²) >= 11 is 0. The first-order valence-corrected chi connectivity index (χ1v) is 12.4. The van der Waals surface area contributed by atoms with Crippen LogP contribution in [-0.4, -0.2) is 39.6 Å². The second-order valence-electron chi connectivity index (χ2n) is 9.09. The summed E-state index contributed by atoms with van der Waals surface area (Å²) in [5, 5.41) is 10.1. The quantitative estimate of drug-likeness (QED) is 0.279. The summed E-state index contributed by atoms with van der Waals surface area (Å²) in [4.78, 5) is 29.7. The number of carboxylic acids is 1. The van der Waals surface area contributed by atoms with Crippen molar-refractivity contribution in [2.75, 3.05) is 7.11 Å². The van der Waals surface area contributed by atoms with Crippen LogP contribution in [0.25, 0.3) is 11.0 Å². The average molecular weight is 501 g/mol. The third kappa shape index (κ3) is 5.21. The van der Waals surface area contributed by atoms with Gasteiger partial charge in [0.15, 0.2) is 11.9 Å². The minimum Gasteiger partial charge on any atom is -0.481 e. The van der Waals surface area contributed by atoms with Gasteiger partial charge in [0, 0.05) is 29.3 Å². The highest BCUT2D eigenvalue weighted by Crippen LogP contribution is 2.31. The van der Waals surface area contributed by atoms with E-state index in [-0.39, 0.29) is 5.78 Å². The molecule has 37 heavy (non-hydrogen) atoms. The van der Waals surface area contributed by atoms with E-state index < -0.39 is 12.1 Å². The van der Waals surface area contributed by atoms with Crippen molar-refractivity contribution in [3.8, 4) is 11.6 Å². The maximum Gasteiger partial charge on any atom is 0.344 e. The zero-order valence-corrected chi connectivity index (χ0v) is 21.9. The topological polar surface area (TPSA) is 90.7 Å². The third-order valence-electron chi connectivity index (χ3n) is 6.77. The number of carbonyl (C=O) groups is 2. The van der Waals surface area contributed by atoms with E-state index in [0.29, 0.717) is 41.4 Å². The molecule has 1 unspecified atom stereocenters. The van der Waals surface area contributed by atoms with Gasteiger partial charge in [-0.25, -0.2) is 4.79 Å². The van der Waals surface area contributed by atoms with Crippen molar-refractivity contribution < 1.29 is 24.2 Å². The van der Waals surface area contributed by atoms with E-state index >= 15 is 0 Å². The lowest BCUT2D eigenvalue weighted by atomic mass is 9.99. The first-order chi connectivity index (χ1) is 17.8. The summed E-state index contributed by atoms with van der Waals surface area (Å²) < 4.78 is 13.1. The number of aliphatic carboxylic acids is 1. The minimum absolute atomic E-state index is 0.0457. The number of carbonyl (C=O) groups excluding carboxylic acids is 1. The second-order valence-corrected chi connectivity index (χ2v) is 9.09. The molecule has 0 amide bonds. The van der Waals surface area contributed by atoms with Gasteiger partial charge in [-0.15, -0.1) is 0 Å². The zero-order valence-electron chi connectivity index (χ0n) is 21.9. The van der Waals surface area contributed by atoms with Crippen LogP contribution >= 0.6 is 0 Å². The van der Waals surface area contributed by atoms with Gasteiger partial charge in [-0.3, -0.25) is 4.79 Å².